The minimum atomic E-state index is -3.58. The summed E-state index contributed by atoms with van der Waals surface area (Å²) >= 11 is 1.14. The highest BCUT2D eigenvalue weighted by molar-refractivity contribution is 7.91. The molecule has 146 valence electrons. The lowest BCUT2D eigenvalue weighted by molar-refractivity contribution is -0.384. The highest BCUT2D eigenvalue weighted by Gasteiger charge is 2.20. The van der Waals surface area contributed by atoms with Crippen LogP contribution in [0.3, 0.4) is 0 Å². The van der Waals surface area contributed by atoms with Crippen LogP contribution in [0.1, 0.15) is 24.2 Å². The zero-order valence-corrected chi connectivity index (χ0v) is 16.8. The Morgan fingerprint density at radius 1 is 1.21 bits per heavy atom. The van der Waals surface area contributed by atoms with Crippen molar-refractivity contribution in [1.29, 1.82) is 0 Å². The highest BCUT2D eigenvalue weighted by Crippen LogP contribution is 2.23. The van der Waals surface area contributed by atoms with E-state index < -0.39 is 20.7 Å². The van der Waals surface area contributed by atoms with Gasteiger partial charge in [-0.15, -0.1) is 0 Å². The van der Waals surface area contributed by atoms with E-state index in [1.807, 2.05) is 6.92 Å². The monoisotopic (exact) mass is 419 g/mol. The number of rotatable bonds is 5. The minimum absolute atomic E-state index is 0.00967. The number of aromatic nitrogens is 1. The van der Waals surface area contributed by atoms with Crippen molar-refractivity contribution in [1.82, 2.24) is 4.57 Å². The summed E-state index contributed by atoms with van der Waals surface area (Å²) in [5, 5.41) is 11.0. The van der Waals surface area contributed by atoms with Crippen LogP contribution in [0.4, 0.5) is 5.69 Å². The largest absolute Gasteiger partial charge is 0.317 e. The number of hydrogen-bond acceptors (Lipinski definition) is 6. The molecule has 0 fully saturated rings. The summed E-state index contributed by atoms with van der Waals surface area (Å²) in [6.45, 7) is 3.88. The quantitative estimate of drug-likeness (QED) is 0.466. The number of aryl methyl sites for hydroxylation is 1. The lowest BCUT2D eigenvalue weighted by Gasteiger charge is -2.06. The number of hydrogen-bond donors (Lipinski definition) is 0. The molecule has 0 saturated heterocycles. The molecule has 8 nitrogen and oxygen atoms in total. The van der Waals surface area contributed by atoms with Gasteiger partial charge in [0.15, 0.2) is 14.6 Å². The molecule has 1 aromatic heterocycles. The molecule has 0 spiro atoms. The van der Waals surface area contributed by atoms with Crippen LogP contribution in [0.15, 0.2) is 52.4 Å². The molecule has 0 aliphatic carbocycles. The van der Waals surface area contributed by atoms with E-state index in [9.17, 15) is 23.3 Å². The predicted octanol–water partition coefficient (Wildman–Crippen LogP) is 3.17. The SMILES string of the molecule is CCn1c(=NC(=O)c2ccccc2S(=O)(=O)CC)sc2cc([N+](=O)[O-])ccc21. The zero-order chi connectivity index (χ0) is 20.5. The number of nitro groups is 1. The number of fused-ring (bicyclic) bond motifs is 1. The molecule has 0 N–H and O–H groups in total. The van der Waals surface area contributed by atoms with Gasteiger partial charge in [-0.1, -0.05) is 30.4 Å². The van der Waals surface area contributed by atoms with Gasteiger partial charge < -0.3 is 4.57 Å². The van der Waals surface area contributed by atoms with Gasteiger partial charge in [0.1, 0.15) is 0 Å². The molecule has 10 heteroatoms. The second-order valence-electron chi connectivity index (χ2n) is 5.85. The van der Waals surface area contributed by atoms with Gasteiger partial charge in [0.25, 0.3) is 11.6 Å². The molecular weight excluding hydrogens is 402 g/mol. The Balaban J connectivity index is 2.18. The van der Waals surface area contributed by atoms with Crippen molar-refractivity contribution in [3.05, 3.63) is 62.9 Å². The summed E-state index contributed by atoms with van der Waals surface area (Å²) in [6, 6.07) is 10.4. The number of nitrogens with zero attached hydrogens (tertiary/aromatic N) is 3. The summed E-state index contributed by atoms with van der Waals surface area (Å²) in [6.07, 6.45) is 0. The van der Waals surface area contributed by atoms with Gasteiger partial charge in [-0.2, -0.15) is 4.99 Å². The molecule has 2 aromatic carbocycles. The second kappa shape index (κ2) is 7.64. The number of sulfone groups is 1. The van der Waals surface area contributed by atoms with Crippen molar-refractivity contribution in [2.75, 3.05) is 5.75 Å². The van der Waals surface area contributed by atoms with E-state index in [2.05, 4.69) is 4.99 Å². The molecule has 28 heavy (non-hydrogen) atoms. The third-order valence-electron chi connectivity index (χ3n) is 4.22. The van der Waals surface area contributed by atoms with Crippen molar-refractivity contribution in [2.45, 2.75) is 25.3 Å². The predicted molar refractivity (Wildman–Crippen MR) is 106 cm³/mol. The number of carbonyl (C=O) groups excluding carboxylic acids is 1. The first-order chi connectivity index (χ1) is 13.3. The number of amides is 1. The van der Waals surface area contributed by atoms with E-state index in [0.717, 1.165) is 16.9 Å². The Morgan fingerprint density at radius 3 is 2.57 bits per heavy atom. The molecule has 0 aliphatic heterocycles. The molecule has 0 atom stereocenters. The molecule has 0 aliphatic rings. The average Bonchev–Trinajstić information content (AvgIpc) is 3.03. The molecule has 1 heterocycles. The average molecular weight is 419 g/mol. The van der Waals surface area contributed by atoms with Crippen LogP contribution in [-0.2, 0) is 16.4 Å². The van der Waals surface area contributed by atoms with Crippen LogP contribution in [-0.4, -0.2) is 29.6 Å². The first kappa shape index (κ1) is 19.9. The van der Waals surface area contributed by atoms with Gasteiger partial charge in [-0.25, -0.2) is 8.42 Å². The minimum Gasteiger partial charge on any atom is -0.317 e. The van der Waals surface area contributed by atoms with Gasteiger partial charge >= 0.3 is 0 Å². The summed E-state index contributed by atoms with van der Waals surface area (Å²) < 4.78 is 27.0. The molecule has 0 radical (unpaired) electrons. The third kappa shape index (κ3) is 3.60. The molecular formula is C18H17N3O5S2. The van der Waals surface area contributed by atoms with Crippen molar-refractivity contribution in [2.24, 2.45) is 4.99 Å². The van der Waals surface area contributed by atoms with Gasteiger partial charge in [-0.05, 0) is 25.1 Å². The van der Waals surface area contributed by atoms with Crippen molar-refractivity contribution < 1.29 is 18.1 Å². The molecule has 0 unspecified atom stereocenters. The fraction of sp³-hybridized carbons (Fsp3) is 0.222. The standard InChI is InChI=1S/C18H17N3O5S2/c1-3-20-14-10-9-12(21(23)24)11-15(14)27-18(20)19-17(22)13-7-5-6-8-16(13)28(25,26)4-2/h5-11H,3-4H2,1-2H3. The van der Waals surface area contributed by atoms with Crippen molar-refractivity contribution in [3.63, 3.8) is 0 Å². The Morgan fingerprint density at radius 2 is 1.93 bits per heavy atom. The fourth-order valence-corrected chi connectivity index (χ4v) is 5.00. The van der Waals surface area contributed by atoms with E-state index in [1.54, 1.807) is 22.8 Å². The van der Waals surface area contributed by atoms with Crippen LogP contribution in [0.25, 0.3) is 10.2 Å². The summed E-state index contributed by atoms with van der Waals surface area (Å²) in [4.78, 5) is 27.7. The molecule has 0 bridgehead atoms. The maximum Gasteiger partial charge on any atom is 0.280 e. The number of thiazole rings is 1. The van der Waals surface area contributed by atoms with Crippen LogP contribution in [0.2, 0.25) is 0 Å². The molecule has 1 amide bonds. The Labute approximate surface area is 164 Å². The summed E-state index contributed by atoms with van der Waals surface area (Å²) in [5.74, 6) is -0.797. The smallest absolute Gasteiger partial charge is 0.280 e. The first-order valence-electron chi connectivity index (χ1n) is 8.47. The number of non-ortho nitro benzene ring substituents is 1. The van der Waals surface area contributed by atoms with Crippen LogP contribution in [0, 0.1) is 10.1 Å². The maximum absolute atomic E-state index is 12.8. The topological polar surface area (TPSA) is 112 Å². The van der Waals surface area contributed by atoms with Crippen molar-refractivity contribution >= 4 is 43.0 Å². The van der Waals surface area contributed by atoms with Gasteiger partial charge in [0.05, 0.1) is 31.4 Å². The molecule has 3 rings (SSSR count). The lowest BCUT2D eigenvalue weighted by Crippen LogP contribution is -2.17. The summed E-state index contributed by atoms with van der Waals surface area (Å²) in [7, 11) is -3.58. The second-order valence-corrected chi connectivity index (χ2v) is 9.11. The maximum atomic E-state index is 12.8. The zero-order valence-electron chi connectivity index (χ0n) is 15.2. The van der Waals surface area contributed by atoms with E-state index in [0.29, 0.717) is 16.0 Å². The number of carbonyl (C=O) groups is 1. The third-order valence-corrected chi connectivity index (χ3v) is 7.05. The fourth-order valence-electron chi connectivity index (χ4n) is 2.78. The van der Waals surface area contributed by atoms with E-state index in [1.165, 1.54) is 31.2 Å². The first-order valence-corrected chi connectivity index (χ1v) is 10.9. The number of nitro benzene ring substituents is 1. The molecule has 3 aromatic rings. The van der Waals surface area contributed by atoms with Gasteiger partial charge in [-0.3, -0.25) is 14.9 Å². The summed E-state index contributed by atoms with van der Waals surface area (Å²) in [5.41, 5.74) is 0.684. The lowest BCUT2D eigenvalue weighted by atomic mass is 10.2. The van der Waals surface area contributed by atoms with E-state index >= 15 is 0 Å². The van der Waals surface area contributed by atoms with E-state index in [4.69, 9.17) is 0 Å². The molecule has 0 saturated carbocycles. The van der Waals surface area contributed by atoms with E-state index in [-0.39, 0.29) is 21.9 Å². The Hall–Kier alpha value is -2.85. The Bertz CT molecular complexity index is 1260. The Kier molecular flexibility index (Phi) is 5.43. The van der Waals surface area contributed by atoms with Gasteiger partial charge in [0, 0.05) is 18.7 Å². The van der Waals surface area contributed by atoms with Crippen LogP contribution < -0.4 is 4.80 Å². The normalized spacial score (nSPS) is 12.4. The van der Waals surface area contributed by atoms with Crippen LogP contribution in [0.5, 0.6) is 0 Å². The van der Waals surface area contributed by atoms with Crippen LogP contribution >= 0.6 is 11.3 Å². The van der Waals surface area contributed by atoms with Crippen molar-refractivity contribution in [3.8, 4) is 0 Å². The number of benzene rings is 2. The van der Waals surface area contributed by atoms with Gasteiger partial charge in [0.2, 0.25) is 0 Å². The highest BCUT2D eigenvalue weighted by atomic mass is 32.2.